The molecule has 4 nitrogen and oxygen atoms in total. The maximum Gasteiger partial charge on any atom is 0.305 e. The molecule has 1 rings (SSSR count). The Balaban J connectivity index is 3.66. The average molecular weight is 449 g/mol. The van der Waals surface area contributed by atoms with Crippen LogP contribution in [-0.2, 0) is 19.0 Å². The van der Waals surface area contributed by atoms with Gasteiger partial charge in [-0.3, -0.25) is 4.79 Å². The van der Waals surface area contributed by atoms with Gasteiger partial charge in [0.2, 0.25) is 0 Å². The van der Waals surface area contributed by atoms with E-state index in [4.69, 9.17) is 14.2 Å². The molecule has 1 aliphatic rings. The van der Waals surface area contributed by atoms with Gasteiger partial charge in [-0.15, -0.1) is 0 Å². The number of esters is 1. The second kappa shape index (κ2) is 8.18. The third-order valence-electron chi connectivity index (χ3n) is 6.28. The Morgan fingerprint density at radius 2 is 1.44 bits per heavy atom. The summed E-state index contributed by atoms with van der Waals surface area (Å²) in [7, 11) is -4.67. The van der Waals surface area contributed by atoms with Gasteiger partial charge in [-0.05, 0) is 26.3 Å². The highest BCUT2D eigenvalue weighted by atomic mass is 29.9. The van der Waals surface area contributed by atoms with Crippen LogP contribution in [0.2, 0.25) is 64.5 Å². The van der Waals surface area contributed by atoms with Crippen molar-refractivity contribution in [2.45, 2.75) is 104 Å². The number of rotatable bonds is 8. The van der Waals surface area contributed by atoms with Gasteiger partial charge in [-0.1, -0.05) is 58.9 Å². The molecule has 1 saturated heterocycles. The van der Waals surface area contributed by atoms with Crippen molar-refractivity contribution in [1.82, 2.24) is 0 Å². The van der Waals surface area contributed by atoms with Gasteiger partial charge in [-0.25, -0.2) is 0 Å². The van der Waals surface area contributed by atoms with Crippen molar-refractivity contribution in [3.8, 4) is 0 Å². The molecule has 27 heavy (non-hydrogen) atoms. The normalized spacial score (nSPS) is 22.6. The summed E-state index contributed by atoms with van der Waals surface area (Å²) < 4.78 is 17.9. The van der Waals surface area contributed by atoms with Crippen LogP contribution >= 0.6 is 0 Å². The molecule has 0 saturated carbocycles. The SMILES string of the molecule is CCOC(=O)C[C@H]([C@H]1COC(C)(C)O1)[Si]([Si](C)(C)C)([Si](C)(C)C)[Si](C)(C)C. The molecule has 2 atom stereocenters. The van der Waals surface area contributed by atoms with Crippen molar-refractivity contribution in [2.24, 2.45) is 0 Å². The highest BCUT2D eigenvalue weighted by Gasteiger charge is 2.67. The van der Waals surface area contributed by atoms with Crippen LogP contribution in [0.4, 0.5) is 0 Å². The van der Waals surface area contributed by atoms with Crippen LogP contribution in [0.1, 0.15) is 27.2 Å². The van der Waals surface area contributed by atoms with E-state index in [1.807, 2.05) is 20.8 Å². The van der Waals surface area contributed by atoms with Crippen LogP contribution in [0.5, 0.6) is 0 Å². The molecule has 1 aliphatic heterocycles. The van der Waals surface area contributed by atoms with Crippen molar-refractivity contribution in [3.63, 3.8) is 0 Å². The first-order valence-corrected chi connectivity index (χ1v) is 26.0. The third kappa shape index (κ3) is 5.06. The molecule has 0 unspecified atom stereocenters. The van der Waals surface area contributed by atoms with Gasteiger partial charge in [0.1, 0.15) is 0 Å². The number of carbonyl (C=O) groups excluding carboxylic acids is 1. The second-order valence-electron chi connectivity index (χ2n) is 11.5. The smallest absolute Gasteiger partial charge is 0.305 e. The van der Waals surface area contributed by atoms with E-state index in [0.29, 0.717) is 25.2 Å². The molecule has 0 aromatic carbocycles. The molecular formula is C19H44O4Si4. The van der Waals surface area contributed by atoms with E-state index in [1.54, 1.807) is 0 Å². The first-order valence-electron chi connectivity index (χ1n) is 10.4. The number of hydrogen-bond donors (Lipinski definition) is 0. The zero-order chi connectivity index (χ0) is 21.5. The fourth-order valence-electron chi connectivity index (χ4n) is 6.92. The molecule has 0 spiro atoms. The number of ether oxygens (including phenoxy) is 3. The molecule has 160 valence electrons. The van der Waals surface area contributed by atoms with E-state index in [0.717, 1.165) is 0 Å². The zero-order valence-electron chi connectivity index (χ0n) is 19.9. The van der Waals surface area contributed by atoms with Gasteiger partial charge in [0.05, 0.1) is 19.3 Å². The summed E-state index contributed by atoms with van der Waals surface area (Å²) in [6, 6.07) is 0. The van der Waals surface area contributed by atoms with Crippen molar-refractivity contribution < 1.29 is 19.0 Å². The third-order valence-corrected chi connectivity index (χ3v) is 80.2. The van der Waals surface area contributed by atoms with Gasteiger partial charge in [0, 0.05) is 35.8 Å². The first kappa shape index (κ1) is 25.3. The first-order chi connectivity index (χ1) is 11.9. The molecule has 0 N–H and O–H groups in total. The van der Waals surface area contributed by atoms with Gasteiger partial charge >= 0.3 is 5.97 Å². The van der Waals surface area contributed by atoms with Crippen LogP contribution in [0.3, 0.4) is 0 Å². The summed E-state index contributed by atoms with van der Waals surface area (Å²) in [5.41, 5.74) is 0.295. The largest absolute Gasteiger partial charge is 0.466 e. The van der Waals surface area contributed by atoms with Crippen molar-refractivity contribution in [2.75, 3.05) is 13.2 Å². The minimum Gasteiger partial charge on any atom is -0.466 e. The van der Waals surface area contributed by atoms with E-state index in [1.165, 1.54) is 0 Å². The summed E-state index contributed by atoms with van der Waals surface area (Å²) in [5, 5.41) is 0. The number of carbonyl (C=O) groups is 1. The van der Waals surface area contributed by atoms with Gasteiger partial charge in [0.25, 0.3) is 0 Å². The Morgan fingerprint density at radius 1 is 1.00 bits per heavy atom. The van der Waals surface area contributed by atoms with Crippen LogP contribution < -0.4 is 0 Å². The molecule has 1 fully saturated rings. The molecule has 0 radical (unpaired) electrons. The fourth-order valence-corrected chi connectivity index (χ4v) is 112. The van der Waals surface area contributed by atoms with E-state index in [-0.39, 0.29) is 12.1 Å². The molecule has 0 aromatic heterocycles. The fraction of sp³-hybridized carbons (Fsp3) is 0.947. The molecule has 1 heterocycles. The van der Waals surface area contributed by atoms with Crippen molar-refractivity contribution in [3.05, 3.63) is 0 Å². The Bertz CT molecular complexity index is 493. The monoisotopic (exact) mass is 448 g/mol. The topological polar surface area (TPSA) is 44.8 Å². The van der Waals surface area contributed by atoms with E-state index in [9.17, 15) is 4.79 Å². The maximum absolute atomic E-state index is 12.7. The summed E-state index contributed by atoms with van der Waals surface area (Å²) in [6.07, 6.45) is 0.518. The molecular weight excluding hydrogens is 405 g/mol. The van der Waals surface area contributed by atoms with E-state index in [2.05, 4.69) is 58.9 Å². The highest BCUT2D eigenvalue weighted by Crippen LogP contribution is 2.50. The van der Waals surface area contributed by atoms with Crippen molar-refractivity contribution in [1.29, 1.82) is 0 Å². The molecule has 8 heteroatoms. The highest BCUT2D eigenvalue weighted by molar-refractivity contribution is 7.89. The molecule has 0 amide bonds. The number of hydrogen-bond acceptors (Lipinski definition) is 4. The maximum atomic E-state index is 12.7. The van der Waals surface area contributed by atoms with Crippen LogP contribution in [-0.4, -0.2) is 60.5 Å². The predicted molar refractivity (Wildman–Crippen MR) is 126 cm³/mol. The molecule has 0 aliphatic carbocycles. The van der Waals surface area contributed by atoms with Crippen LogP contribution in [0.15, 0.2) is 0 Å². The average Bonchev–Trinajstić information content (AvgIpc) is 2.73. The van der Waals surface area contributed by atoms with E-state index >= 15 is 0 Å². The lowest BCUT2D eigenvalue weighted by molar-refractivity contribution is -0.148. The summed E-state index contributed by atoms with van der Waals surface area (Å²) in [6.45, 7) is 28.2. The lowest BCUT2D eigenvalue weighted by Crippen LogP contribution is -2.85. The van der Waals surface area contributed by atoms with E-state index < -0.39 is 35.2 Å². The molecule has 0 aromatic rings. The Kier molecular flexibility index (Phi) is 7.66. The lowest BCUT2D eigenvalue weighted by atomic mass is 10.2. The summed E-state index contributed by atoms with van der Waals surface area (Å²) in [5.74, 6) is -0.613. The van der Waals surface area contributed by atoms with Crippen molar-refractivity contribution >= 4 is 35.4 Å². The van der Waals surface area contributed by atoms with Gasteiger partial charge < -0.3 is 14.2 Å². The van der Waals surface area contributed by atoms with Gasteiger partial charge in [0.15, 0.2) is 5.79 Å². The van der Waals surface area contributed by atoms with Gasteiger partial charge in [-0.2, -0.15) is 0 Å². The Hall–Kier alpha value is 0.258. The minimum absolute atomic E-state index is 0.0150. The second-order valence-corrected chi connectivity index (χ2v) is 52.5. The predicted octanol–water partition coefficient (Wildman–Crippen LogP) is 5.16. The Morgan fingerprint density at radius 3 is 1.74 bits per heavy atom. The van der Waals surface area contributed by atoms with Crippen LogP contribution in [0, 0.1) is 0 Å². The van der Waals surface area contributed by atoms with Crippen LogP contribution in [0.25, 0.3) is 0 Å². The standard InChI is InChI=1S/C19H44O4Si4/c1-13-21-18(20)14-17(16-15-22-19(2,3)23-16)27(24(4,5)6,25(7,8)9)26(10,11)12/h16-17H,13-15H2,1-12H3/t16-,17-/m1/s1. The zero-order valence-corrected chi connectivity index (χ0v) is 23.9. The molecule has 0 bridgehead atoms. The minimum atomic E-state index is -1.84. The lowest BCUT2D eigenvalue weighted by Gasteiger charge is -2.62. The Labute approximate surface area is 171 Å². The quantitative estimate of drug-likeness (QED) is 0.380. The summed E-state index contributed by atoms with van der Waals surface area (Å²) in [4.78, 5) is 12.7. The summed E-state index contributed by atoms with van der Waals surface area (Å²) >= 11 is 0.